The number of ether oxygens (including phenoxy) is 1. The molecule has 1 unspecified atom stereocenters. The Morgan fingerprint density at radius 2 is 1.56 bits per heavy atom. The Kier molecular flexibility index (Phi) is 5.80. The SMILES string of the molecule is O=C(O)CS(=O)(=NS(=O)(=O)c1ccccc1OC(F)(F)F)c1ccccc1. The number of rotatable bonds is 6. The lowest BCUT2D eigenvalue weighted by Gasteiger charge is -2.13. The molecule has 0 aliphatic carbocycles. The molecule has 1 atom stereocenters. The monoisotopic (exact) mass is 423 g/mol. The molecular formula is C15H12F3NO6S2. The number of carbonyl (C=O) groups is 1. The van der Waals surface area contributed by atoms with Gasteiger partial charge in [-0.25, -0.2) is 4.21 Å². The van der Waals surface area contributed by atoms with Crippen molar-refractivity contribution >= 4 is 25.7 Å². The fourth-order valence-electron chi connectivity index (χ4n) is 2.02. The van der Waals surface area contributed by atoms with Crippen LogP contribution in [0.3, 0.4) is 0 Å². The van der Waals surface area contributed by atoms with Crippen LogP contribution in [0.25, 0.3) is 0 Å². The fourth-order valence-corrected chi connectivity index (χ4v) is 5.87. The number of hydrogen-bond acceptors (Lipinski definition) is 5. The van der Waals surface area contributed by atoms with Gasteiger partial charge in [-0.15, -0.1) is 16.9 Å². The number of sulfonamides is 1. The quantitative estimate of drug-likeness (QED) is 0.765. The first-order valence-corrected chi connectivity index (χ1v) is 10.2. The number of para-hydroxylation sites is 1. The Morgan fingerprint density at radius 3 is 2.11 bits per heavy atom. The highest BCUT2D eigenvalue weighted by molar-refractivity contribution is 8.03. The summed E-state index contributed by atoms with van der Waals surface area (Å²) in [7, 11) is -8.99. The van der Waals surface area contributed by atoms with E-state index < -0.39 is 48.5 Å². The average Bonchev–Trinajstić information content (AvgIpc) is 2.53. The molecule has 27 heavy (non-hydrogen) atoms. The second-order valence-electron chi connectivity index (χ2n) is 5.04. The summed E-state index contributed by atoms with van der Waals surface area (Å²) in [4.78, 5) is 9.88. The summed E-state index contributed by atoms with van der Waals surface area (Å²) in [6, 6.07) is 10.5. The first-order chi connectivity index (χ1) is 12.4. The number of aliphatic carboxylic acids is 1. The molecule has 0 spiro atoms. The van der Waals surface area contributed by atoms with Gasteiger partial charge >= 0.3 is 12.3 Å². The highest BCUT2D eigenvalue weighted by Gasteiger charge is 2.34. The zero-order valence-corrected chi connectivity index (χ0v) is 14.9. The predicted octanol–water partition coefficient (Wildman–Crippen LogP) is 2.89. The minimum atomic E-state index is -5.17. The largest absolute Gasteiger partial charge is 0.573 e. The van der Waals surface area contributed by atoms with Crippen LogP contribution in [0.2, 0.25) is 0 Å². The molecule has 0 heterocycles. The molecule has 0 saturated heterocycles. The van der Waals surface area contributed by atoms with Crippen molar-refractivity contribution in [3.8, 4) is 5.75 Å². The first kappa shape index (κ1) is 20.7. The first-order valence-electron chi connectivity index (χ1n) is 7.06. The molecule has 0 bridgehead atoms. The molecule has 1 N–H and O–H groups in total. The van der Waals surface area contributed by atoms with Gasteiger partial charge in [0.05, 0.1) is 0 Å². The van der Waals surface area contributed by atoms with Crippen LogP contribution in [0.15, 0.2) is 68.2 Å². The Balaban J connectivity index is 2.68. The van der Waals surface area contributed by atoms with Crippen LogP contribution in [-0.2, 0) is 24.5 Å². The smallest absolute Gasteiger partial charge is 0.481 e. The van der Waals surface area contributed by atoms with Crippen molar-refractivity contribution in [1.29, 1.82) is 0 Å². The van der Waals surface area contributed by atoms with Crippen LogP contribution < -0.4 is 4.74 Å². The third-order valence-electron chi connectivity index (χ3n) is 3.00. The number of carboxylic acids is 1. The van der Waals surface area contributed by atoms with Crippen molar-refractivity contribution in [3.05, 3.63) is 54.6 Å². The lowest BCUT2D eigenvalue weighted by molar-refractivity contribution is -0.275. The maximum absolute atomic E-state index is 13.0. The second-order valence-corrected chi connectivity index (χ2v) is 9.06. The van der Waals surface area contributed by atoms with E-state index in [4.69, 9.17) is 5.11 Å². The summed E-state index contributed by atoms with van der Waals surface area (Å²) >= 11 is 0. The number of benzene rings is 2. The van der Waals surface area contributed by atoms with E-state index in [0.29, 0.717) is 0 Å². The van der Waals surface area contributed by atoms with Crippen molar-refractivity contribution < 1.29 is 40.4 Å². The summed E-state index contributed by atoms with van der Waals surface area (Å²) in [6.45, 7) is 0. The van der Waals surface area contributed by atoms with Crippen LogP contribution in [0.1, 0.15) is 0 Å². The van der Waals surface area contributed by atoms with E-state index >= 15 is 0 Å². The van der Waals surface area contributed by atoms with Gasteiger partial charge in [-0.2, -0.15) is 8.42 Å². The minimum Gasteiger partial charge on any atom is -0.481 e. The second kappa shape index (κ2) is 7.56. The minimum absolute atomic E-state index is 0.190. The van der Waals surface area contributed by atoms with Crippen LogP contribution >= 0.6 is 0 Å². The molecule has 146 valence electrons. The summed E-state index contributed by atoms with van der Waals surface area (Å²) in [5.74, 6) is -3.82. The van der Waals surface area contributed by atoms with E-state index in [0.717, 1.165) is 24.3 Å². The Bertz CT molecular complexity index is 1060. The van der Waals surface area contributed by atoms with Gasteiger partial charge in [0.2, 0.25) is 0 Å². The van der Waals surface area contributed by atoms with E-state index in [1.807, 2.05) is 0 Å². The molecule has 0 amide bonds. The number of alkyl halides is 3. The van der Waals surface area contributed by atoms with Crippen molar-refractivity contribution in [3.63, 3.8) is 0 Å². The van der Waals surface area contributed by atoms with E-state index in [1.54, 1.807) is 0 Å². The summed E-state index contributed by atoms with van der Waals surface area (Å²) < 4.78 is 82.4. The molecule has 2 aromatic carbocycles. The van der Waals surface area contributed by atoms with Gasteiger partial charge in [0.15, 0.2) is 0 Å². The molecule has 0 fully saturated rings. The van der Waals surface area contributed by atoms with E-state index in [2.05, 4.69) is 8.50 Å². The third-order valence-corrected chi connectivity index (χ3v) is 7.29. The van der Waals surface area contributed by atoms with Crippen molar-refractivity contribution in [2.75, 3.05) is 5.75 Å². The topological polar surface area (TPSA) is 110 Å². The number of halogens is 3. The van der Waals surface area contributed by atoms with Crippen molar-refractivity contribution in [1.82, 2.24) is 0 Å². The molecule has 2 rings (SSSR count). The van der Waals surface area contributed by atoms with E-state index in [-0.39, 0.29) is 4.90 Å². The third kappa shape index (κ3) is 5.44. The summed E-state index contributed by atoms with van der Waals surface area (Å²) in [6.07, 6.45) is -5.17. The van der Waals surface area contributed by atoms with Crippen LogP contribution in [-0.4, -0.2) is 35.8 Å². The molecule has 0 aliphatic heterocycles. The van der Waals surface area contributed by atoms with Gasteiger partial charge in [0, 0.05) is 4.90 Å². The highest BCUT2D eigenvalue weighted by Crippen LogP contribution is 2.31. The molecular weight excluding hydrogens is 411 g/mol. The van der Waals surface area contributed by atoms with Crippen LogP contribution in [0.5, 0.6) is 5.75 Å². The molecule has 0 saturated carbocycles. The molecule has 0 aromatic heterocycles. The van der Waals surface area contributed by atoms with Crippen molar-refractivity contribution in [2.24, 2.45) is 3.77 Å². The zero-order chi connectivity index (χ0) is 20.3. The fraction of sp³-hybridized carbons (Fsp3) is 0.133. The standard InChI is InChI=1S/C15H12F3NO6S2/c16-15(17,18)25-12-8-4-5-9-13(12)27(23,24)19-26(22,10-14(20)21)11-6-2-1-3-7-11/h1-9H,10H2,(H,20,21). The lowest BCUT2D eigenvalue weighted by Crippen LogP contribution is -2.20. The van der Waals surface area contributed by atoms with Gasteiger partial charge in [0.25, 0.3) is 10.0 Å². The Labute approximate surface area is 152 Å². The predicted molar refractivity (Wildman–Crippen MR) is 88.1 cm³/mol. The summed E-state index contributed by atoms with van der Waals surface area (Å²) in [5, 5.41) is 8.98. The van der Waals surface area contributed by atoms with Crippen LogP contribution in [0, 0.1) is 0 Å². The number of nitrogens with zero attached hydrogens (tertiary/aromatic N) is 1. The van der Waals surface area contributed by atoms with E-state index in [9.17, 15) is 30.6 Å². The van der Waals surface area contributed by atoms with Gasteiger partial charge in [-0.3, -0.25) is 4.79 Å². The lowest BCUT2D eigenvalue weighted by atomic mass is 10.3. The zero-order valence-electron chi connectivity index (χ0n) is 13.3. The molecule has 0 radical (unpaired) electrons. The van der Waals surface area contributed by atoms with Gasteiger partial charge in [-0.05, 0) is 24.3 Å². The van der Waals surface area contributed by atoms with E-state index in [1.165, 1.54) is 30.3 Å². The molecule has 7 nitrogen and oxygen atoms in total. The highest BCUT2D eigenvalue weighted by atomic mass is 32.3. The average molecular weight is 423 g/mol. The Hall–Kier alpha value is -2.60. The molecule has 2 aromatic rings. The Morgan fingerprint density at radius 1 is 1.00 bits per heavy atom. The maximum atomic E-state index is 13.0. The normalized spacial score (nSPS) is 14.2. The van der Waals surface area contributed by atoms with Gasteiger partial charge in [0.1, 0.15) is 26.1 Å². The molecule has 12 heteroatoms. The summed E-state index contributed by atoms with van der Waals surface area (Å²) in [5.41, 5.74) is 0. The van der Waals surface area contributed by atoms with Gasteiger partial charge in [-0.1, -0.05) is 30.3 Å². The van der Waals surface area contributed by atoms with Crippen LogP contribution in [0.4, 0.5) is 13.2 Å². The number of carboxylic acid groups (broad SMARTS) is 1. The maximum Gasteiger partial charge on any atom is 0.573 e. The van der Waals surface area contributed by atoms with Crippen molar-refractivity contribution in [2.45, 2.75) is 16.2 Å². The van der Waals surface area contributed by atoms with Gasteiger partial charge < -0.3 is 9.84 Å². The molecule has 0 aliphatic rings. The number of hydrogen-bond donors (Lipinski definition) is 1.